The molecule has 1 aliphatic heterocycles. The molecule has 2 heterocycles. The van der Waals surface area contributed by atoms with Crippen LogP contribution in [0.15, 0.2) is 40.9 Å². The molecule has 3 aromatic rings. The summed E-state index contributed by atoms with van der Waals surface area (Å²) in [6.45, 7) is 5.93. The molecular formula is C25H29N3O6. The number of aromatic nitrogens is 2. The van der Waals surface area contributed by atoms with Gasteiger partial charge in [0.05, 0.1) is 33.0 Å². The predicted octanol–water partition coefficient (Wildman–Crippen LogP) is 4.07. The summed E-state index contributed by atoms with van der Waals surface area (Å²) >= 11 is 0. The number of hydrogen-bond acceptors (Lipinski definition) is 8. The van der Waals surface area contributed by atoms with Crippen molar-refractivity contribution in [3.8, 4) is 34.5 Å². The molecule has 2 aromatic carbocycles. The van der Waals surface area contributed by atoms with E-state index in [1.165, 1.54) is 0 Å². The van der Waals surface area contributed by atoms with Crippen LogP contribution >= 0.6 is 0 Å². The van der Waals surface area contributed by atoms with E-state index in [0.29, 0.717) is 73.0 Å². The van der Waals surface area contributed by atoms with Crippen molar-refractivity contribution in [1.82, 2.24) is 15.0 Å². The van der Waals surface area contributed by atoms with E-state index in [2.05, 4.69) is 10.1 Å². The van der Waals surface area contributed by atoms with Crippen LogP contribution in [-0.4, -0.2) is 54.9 Å². The van der Waals surface area contributed by atoms with Crippen molar-refractivity contribution in [2.24, 2.45) is 0 Å². The van der Waals surface area contributed by atoms with Crippen LogP contribution in [0.1, 0.15) is 37.6 Å². The van der Waals surface area contributed by atoms with E-state index < -0.39 is 0 Å². The van der Waals surface area contributed by atoms with E-state index in [9.17, 15) is 4.79 Å². The smallest absolute Gasteiger partial charge is 0.261 e. The highest BCUT2D eigenvalue weighted by molar-refractivity contribution is 5.79. The van der Waals surface area contributed by atoms with Gasteiger partial charge in [-0.2, -0.15) is 4.98 Å². The van der Waals surface area contributed by atoms with Gasteiger partial charge in [0, 0.05) is 31.5 Å². The van der Waals surface area contributed by atoms with Gasteiger partial charge >= 0.3 is 0 Å². The molecule has 1 aliphatic rings. The van der Waals surface area contributed by atoms with Crippen LogP contribution < -0.4 is 18.9 Å². The van der Waals surface area contributed by atoms with E-state index in [1.54, 1.807) is 31.3 Å². The lowest BCUT2D eigenvalue weighted by atomic mass is 10.1. The van der Waals surface area contributed by atoms with Crippen molar-refractivity contribution < 1.29 is 28.3 Å². The van der Waals surface area contributed by atoms with Gasteiger partial charge in [-0.1, -0.05) is 11.2 Å². The number of amides is 1. The predicted molar refractivity (Wildman–Crippen MR) is 124 cm³/mol. The molecule has 1 unspecified atom stereocenters. The van der Waals surface area contributed by atoms with Gasteiger partial charge in [0.25, 0.3) is 5.89 Å². The monoisotopic (exact) mass is 467 g/mol. The van der Waals surface area contributed by atoms with Crippen LogP contribution in [0, 0.1) is 0 Å². The standard InChI is InChI=1S/C25H29N3O6/c1-5-32-20-10-7-16(11-22(20)33-6-2)14-28-15-17(12-23(28)29)24-26-25(34-27-24)19-9-8-18(30-3)13-21(19)31-4/h7-11,13,17H,5-6,12,14-15H2,1-4H3. The molecule has 0 spiro atoms. The van der Waals surface area contributed by atoms with Crippen LogP contribution in [0.3, 0.4) is 0 Å². The lowest BCUT2D eigenvalue weighted by Crippen LogP contribution is -2.24. The second kappa shape index (κ2) is 10.5. The lowest BCUT2D eigenvalue weighted by Gasteiger charge is -2.18. The summed E-state index contributed by atoms with van der Waals surface area (Å²) in [5.41, 5.74) is 1.64. The molecule has 0 aliphatic carbocycles. The average molecular weight is 468 g/mol. The first-order valence-corrected chi connectivity index (χ1v) is 11.3. The Hall–Kier alpha value is -3.75. The van der Waals surface area contributed by atoms with Crippen LogP contribution in [0.25, 0.3) is 11.5 Å². The Morgan fingerprint density at radius 3 is 2.53 bits per heavy atom. The van der Waals surface area contributed by atoms with Gasteiger partial charge in [-0.15, -0.1) is 0 Å². The number of benzene rings is 2. The number of nitrogens with zero attached hydrogens (tertiary/aromatic N) is 3. The fourth-order valence-corrected chi connectivity index (χ4v) is 4.00. The summed E-state index contributed by atoms with van der Waals surface area (Å²) in [7, 11) is 3.16. The first-order valence-electron chi connectivity index (χ1n) is 11.3. The van der Waals surface area contributed by atoms with E-state index >= 15 is 0 Å². The summed E-state index contributed by atoms with van der Waals surface area (Å²) in [5, 5.41) is 4.15. The zero-order valence-electron chi connectivity index (χ0n) is 19.9. The maximum Gasteiger partial charge on any atom is 0.261 e. The van der Waals surface area contributed by atoms with Crippen molar-refractivity contribution in [1.29, 1.82) is 0 Å². The van der Waals surface area contributed by atoms with Crippen molar-refractivity contribution >= 4 is 5.91 Å². The Bertz CT molecular complexity index is 1150. The second-order valence-electron chi connectivity index (χ2n) is 7.85. The van der Waals surface area contributed by atoms with Crippen LogP contribution in [0.4, 0.5) is 0 Å². The van der Waals surface area contributed by atoms with Gasteiger partial charge in [-0.3, -0.25) is 4.79 Å². The molecule has 0 saturated carbocycles. The molecule has 34 heavy (non-hydrogen) atoms. The minimum absolute atomic E-state index is 0.0465. The molecule has 1 saturated heterocycles. The molecular weight excluding hydrogens is 438 g/mol. The molecule has 1 amide bonds. The maximum absolute atomic E-state index is 12.7. The summed E-state index contributed by atoms with van der Waals surface area (Å²) in [6.07, 6.45) is 0.327. The van der Waals surface area contributed by atoms with E-state index in [-0.39, 0.29) is 11.8 Å². The van der Waals surface area contributed by atoms with Crippen molar-refractivity contribution in [3.63, 3.8) is 0 Å². The quantitative estimate of drug-likeness (QED) is 0.440. The SMILES string of the molecule is CCOc1ccc(CN2CC(c3noc(-c4ccc(OC)cc4OC)n3)CC2=O)cc1OCC. The molecule has 0 N–H and O–H groups in total. The summed E-state index contributed by atoms with van der Waals surface area (Å²) in [5.74, 6) is 3.36. The molecule has 0 radical (unpaired) electrons. The summed E-state index contributed by atoms with van der Waals surface area (Å²) in [4.78, 5) is 19.1. The Kier molecular flexibility index (Phi) is 7.20. The number of carbonyl (C=O) groups excluding carboxylic acids is 1. The first kappa shape index (κ1) is 23.4. The zero-order chi connectivity index (χ0) is 24.1. The third-order valence-corrected chi connectivity index (χ3v) is 5.64. The summed E-state index contributed by atoms with van der Waals surface area (Å²) < 4.78 is 27.5. The molecule has 180 valence electrons. The highest BCUT2D eigenvalue weighted by Gasteiger charge is 2.34. The lowest BCUT2D eigenvalue weighted by molar-refractivity contribution is -0.128. The van der Waals surface area contributed by atoms with Gasteiger partial charge < -0.3 is 28.4 Å². The molecule has 9 nitrogen and oxygen atoms in total. The first-order chi connectivity index (χ1) is 16.6. The molecule has 1 atom stereocenters. The number of methoxy groups -OCH3 is 2. The number of rotatable bonds is 10. The zero-order valence-corrected chi connectivity index (χ0v) is 19.9. The van der Waals surface area contributed by atoms with E-state index in [0.717, 1.165) is 5.56 Å². The number of hydrogen-bond donors (Lipinski definition) is 0. The van der Waals surface area contributed by atoms with Crippen LogP contribution in [-0.2, 0) is 11.3 Å². The third-order valence-electron chi connectivity index (χ3n) is 5.64. The van der Waals surface area contributed by atoms with Crippen LogP contribution in [0.2, 0.25) is 0 Å². The maximum atomic E-state index is 12.7. The number of ether oxygens (including phenoxy) is 4. The fraction of sp³-hybridized carbons (Fsp3) is 0.400. The van der Waals surface area contributed by atoms with Gasteiger partial charge in [-0.25, -0.2) is 0 Å². The minimum atomic E-state index is -0.150. The largest absolute Gasteiger partial charge is 0.497 e. The normalized spacial score (nSPS) is 15.5. The van der Waals surface area contributed by atoms with Gasteiger partial charge in [0.15, 0.2) is 17.3 Å². The van der Waals surface area contributed by atoms with Crippen LogP contribution in [0.5, 0.6) is 23.0 Å². The topological polar surface area (TPSA) is 96.2 Å². The Morgan fingerprint density at radius 2 is 1.79 bits per heavy atom. The van der Waals surface area contributed by atoms with Gasteiger partial charge in [0.2, 0.25) is 5.91 Å². The Labute approximate surface area is 198 Å². The third kappa shape index (κ3) is 4.93. The second-order valence-corrected chi connectivity index (χ2v) is 7.85. The highest BCUT2D eigenvalue weighted by Crippen LogP contribution is 2.35. The van der Waals surface area contributed by atoms with Gasteiger partial charge in [-0.05, 0) is 43.7 Å². The molecule has 9 heteroatoms. The highest BCUT2D eigenvalue weighted by atomic mass is 16.5. The summed E-state index contributed by atoms with van der Waals surface area (Å²) in [6, 6.07) is 11.1. The van der Waals surface area contributed by atoms with Crippen molar-refractivity contribution in [3.05, 3.63) is 47.8 Å². The number of carbonyl (C=O) groups is 1. The average Bonchev–Trinajstić information content (AvgIpc) is 3.47. The number of likely N-dealkylation sites (tertiary alicyclic amines) is 1. The molecule has 4 rings (SSSR count). The minimum Gasteiger partial charge on any atom is -0.497 e. The Morgan fingerprint density at radius 1 is 1.00 bits per heavy atom. The molecule has 0 bridgehead atoms. The molecule has 1 aromatic heterocycles. The van der Waals surface area contributed by atoms with E-state index in [1.807, 2.05) is 38.1 Å². The van der Waals surface area contributed by atoms with Crippen molar-refractivity contribution in [2.75, 3.05) is 34.0 Å². The van der Waals surface area contributed by atoms with Crippen molar-refractivity contribution in [2.45, 2.75) is 32.7 Å². The fourth-order valence-electron chi connectivity index (χ4n) is 4.00. The van der Waals surface area contributed by atoms with E-state index in [4.69, 9.17) is 23.5 Å². The molecule has 1 fully saturated rings. The Balaban J connectivity index is 1.48. The van der Waals surface area contributed by atoms with Gasteiger partial charge in [0.1, 0.15) is 11.5 Å².